The van der Waals surface area contributed by atoms with Crippen molar-refractivity contribution in [2.24, 2.45) is 22.0 Å². The van der Waals surface area contributed by atoms with E-state index < -0.39 is 23.7 Å². The first-order valence-corrected chi connectivity index (χ1v) is 9.37. The van der Waals surface area contributed by atoms with E-state index in [2.05, 4.69) is 21.1 Å². The van der Waals surface area contributed by atoms with E-state index >= 15 is 0 Å². The second-order valence-electron chi connectivity index (χ2n) is 7.21. The maximum absolute atomic E-state index is 12.5. The normalized spacial score (nSPS) is 21.6. The van der Waals surface area contributed by atoms with Crippen LogP contribution in [0.25, 0.3) is 11.3 Å². The molecule has 0 saturated heterocycles. The summed E-state index contributed by atoms with van der Waals surface area (Å²) in [6.45, 7) is 3.48. The molecule has 30 heavy (non-hydrogen) atoms. The first kappa shape index (κ1) is 19.6. The molecule has 2 aliphatic rings. The van der Waals surface area contributed by atoms with Crippen molar-refractivity contribution >= 4 is 29.2 Å². The molecule has 0 aliphatic carbocycles. The van der Waals surface area contributed by atoms with E-state index in [0.29, 0.717) is 28.5 Å². The molecular formula is C21H20N4O5. The van der Waals surface area contributed by atoms with Crippen molar-refractivity contribution in [2.75, 3.05) is 7.11 Å². The van der Waals surface area contributed by atoms with E-state index in [1.807, 2.05) is 0 Å². The second-order valence-corrected chi connectivity index (χ2v) is 7.21. The first-order chi connectivity index (χ1) is 14.4. The zero-order valence-electron chi connectivity index (χ0n) is 16.6. The summed E-state index contributed by atoms with van der Waals surface area (Å²) in [5.74, 6) is -1.86. The van der Waals surface area contributed by atoms with Gasteiger partial charge in [-0.3, -0.25) is 9.59 Å². The molecule has 1 aromatic heterocycles. The van der Waals surface area contributed by atoms with Crippen LogP contribution in [0.15, 0.2) is 51.0 Å². The molecule has 2 unspecified atom stereocenters. The Hall–Kier alpha value is -3.75. The third-order valence-electron chi connectivity index (χ3n) is 5.41. The van der Waals surface area contributed by atoms with Crippen LogP contribution < -0.4 is 10.9 Å². The van der Waals surface area contributed by atoms with Gasteiger partial charge in [-0.15, -0.1) is 0 Å². The van der Waals surface area contributed by atoms with Crippen LogP contribution in [0.3, 0.4) is 0 Å². The van der Waals surface area contributed by atoms with Crippen LogP contribution in [0.1, 0.15) is 35.9 Å². The zero-order valence-corrected chi connectivity index (χ0v) is 16.6. The van der Waals surface area contributed by atoms with E-state index in [1.165, 1.54) is 7.11 Å². The van der Waals surface area contributed by atoms with Crippen LogP contribution in [0.2, 0.25) is 0 Å². The van der Waals surface area contributed by atoms with Crippen LogP contribution in [0, 0.1) is 11.8 Å². The second kappa shape index (κ2) is 7.58. The predicted molar refractivity (Wildman–Crippen MR) is 108 cm³/mol. The third-order valence-corrected chi connectivity index (χ3v) is 5.41. The molecule has 2 aromatic rings. The Morgan fingerprint density at radius 3 is 2.00 bits per heavy atom. The minimum atomic E-state index is -0.648. The van der Waals surface area contributed by atoms with Gasteiger partial charge in [0.25, 0.3) is 0 Å². The van der Waals surface area contributed by atoms with Gasteiger partial charge < -0.3 is 9.15 Å². The number of benzene rings is 1. The molecule has 2 N–H and O–H groups in total. The quantitative estimate of drug-likeness (QED) is 0.733. The molecule has 2 amide bonds. The molecule has 0 radical (unpaired) electrons. The van der Waals surface area contributed by atoms with Crippen LogP contribution >= 0.6 is 0 Å². The van der Waals surface area contributed by atoms with Gasteiger partial charge in [0.15, 0.2) is 0 Å². The molecule has 2 aliphatic heterocycles. The third kappa shape index (κ3) is 3.28. The number of hydrogen-bond donors (Lipinski definition) is 2. The van der Waals surface area contributed by atoms with Crippen LogP contribution in [0.4, 0.5) is 0 Å². The van der Waals surface area contributed by atoms with Gasteiger partial charge in [0.2, 0.25) is 11.8 Å². The molecule has 154 valence electrons. The molecule has 4 rings (SSSR count). The van der Waals surface area contributed by atoms with Gasteiger partial charge in [-0.2, -0.15) is 10.2 Å². The number of rotatable bonds is 5. The van der Waals surface area contributed by atoms with E-state index in [4.69, 9.17) is 9.15 Å². The standard InChI is InChI=1S/C21H20N4O5/c1-10-16(19(26)24-22-10)18(17-11(2)23-25-20(17)27)15-9-8-14(30-15)12-4-6-13(7-5-12)21(28)29-3/h4-9,16-18H,1-3H3,(H,24,26)(H,25,27). The van der Waals surface area contributed by atoms with Crippen molar-refractivity contribution in [1.29, 1.82) is 0 Å². The Balaban J connectivity index is 1.71. The highest BCUT2D eigenvalue weighted by Gasteiger charge is 2.47. The van der Waals surface area contributed by atoms with E-state index in [9.17, 15) is 14.4 Å². The Kier molecular flexibility index (Phi) is 4.94. The van der Waals surface area contributed by atoms with Crippen molar-refractivity contribution in [3.8, 4) is 11.3 Å². The lowest BCUT2D eigenvalue weighted by Gasteiger charge is -2.24. The fourth-order valence-corrected chi connectivity index (χ4v) is 3.89. The molecule has 3 heterocycles. The Morgan fingerprint density at radius 2 is 1.53 bits per heavy atom. The van der Waals surface area contributed by atoms with Gasteiger partial charge in [-0.25, -0.2) is 15.6 Å². The number of hydrogen-bond acceptors (Lipinski definition) is 7. The molecule has 2 atom stereocenters. The van der Waals surface area contributed by atoms with Gasteiger partial charge in [0.05, 0.1) is 30.4 Å². The SMILES string of the molecule is COC(=O)c1ccc(-c2ccc(C(C3C(=O)NN=C3C)C3C(=O)NN=C3C)o2)cc1. The number of esters is 1. The predicted octanol–water partition coefficient (Wildman–Crippen LogP) is 2.06. The van der Waals surface area contributed by atoms with Gasteiger partial charge in [0.1, 0.15) is 11.5 Å². The summed E-state index contributed by atoms with van der Waals surface area (Å²) in [6, 6.07) is 10.3. The van der Waals surface area contributed by atoms with E-state index in [-0.39, 0.29) is 11.8 Å². The number of nitrogens with zero attached hydrogens (tertiary/aromatic N) is 2. The number of hydrazone groups is 2. The maximum Gasteiger partial charge on any atom is 0.337 e. The zero-order chi connectivity index (χ0) is 21.4. The Labute approximate surface area is 172 Å². The molecule has 0 spiro atoms. The largest absolute Gasteiger partial charge is 0.465 e. The minimum absolute atomic E-state index is 0.287. The summed E-state index contributed by atoms with van der Waals surface area (Å²) in [4.78, 5) is 36.6. The Bertz CT molecular complexity index is 1050. The van der Waals surface area contributed by atoms with E-state index in [0.717, 1.165) is 5.56 Å². The maximum atomic E-state index is 12.5. The lowest BCUT2D eigenvalue weighted by Crippen LogP contribution is -2.38. The first-order valence-electron chi connectivity index (χ1n) is 9.37. The molecule has 9 nitrogen and oxygen atoms in total. The molecular weight excluding hydrogens is 388 g/mol. The number of nitrogens with one attached hydrogen (secondary N) is 2. The lowest BCUT2D eigenvalue weighted by atomic mass is 9.75. The van der Waals surface area contributed by atoms with Crippen molar-refractivity contribution in [2.45, 2.75) is 19.8 Å². The number of carbonyl (C=O) groups excluding carboxylic acids is 3. The average Bonchev–Trinajstić information content (AvgIpc) is 3.45. The number of methoxy groups -OCH3 is 1. The van der Waals surface area contributed by atoms with Crippen molar-refractivity contribution in [3.05, 3.63) is 47.7 Å². The molecule has 0 saturated carbocycles. The number of amides is 2. The number of furan rings is 1. The fourth-order valence-electron chi connectivity index (χ4n) is 3.89. The smallest absolute Gasteiger partial charge is 0.337 e. The topological polar surface area (TPSA) is 122 Å². The van der Waals surface area contributed by atoms with Gasteiger partial charge in [-0.1, -0.05) is 12.1 Å². The van der Waals surface area contributed by atoms with Crippen molar-refractivity contribution in [3.63, 3.8) is 0 Å². The molecule has 0 bridgehead atoms. The monoisotopic (exact) mass is 408 g/mol. The minimum Gasteiger partial charge on any atom is -0.465 e. The molecule has 9 heteroatoms. The summed E-state index contributed by atoms with van der Waals surface area (Å²) in [5.41, 5.74) is 7.29. The van der Waals surface area contributed by atoms with E-state index in [1.54, 1.807) is 50.2 Å². The summed E-state index contributed by atoms with van der Waals surface area (Å²) in [5, 5.41) is 8.05. The average molecular weight is 408 g/mol. The van der Waals surface area contributed by atoms with Gasteiger partial charge >= 0.3 is 5.97 Å². The molecule has 1 aromatic carbocycles. The summed E-state index contributed by atoms with van der Waals surface area (Å²) in [6.07, 6.45) is 0. The number of carbonyl (C=O) groups is 3. The molecule has 0 fully saturated rings. The van der Waals surface area contributed by atoms with Crippen LogP contribution in [-0.4, -0.2) is 36.3 Å². The highest BCUT2D eigenvalue weighted by molar-refractivity contribution is 6.12. The van der Waals surface area contributed by atoms with Gasteiger partial charge in [-0.05, 0) is 38.1 Å². The summed E-state index contributed by atoms with van der Waals surface area (Å²) in [7, 11) is 1.32. The van der Waals surface area contributed by atoms with Crippen LogP contribution in [-0.2, 0) is 14.3 Å². The highest BCUT2D eigenvalue weighted by atomic mass is 16.5. The Morgan fingerprint density at radius 1 is 0.967 bits per heavy atom. The summed E-state index contributed by atoms with van der Waals surface area (Å²) >= 11 is 0. The van der Waals surface area contributed by atoms with Gasteiger partial charge in [0, 0.05) is 17.0 Å². The highest BCUT2D eigenvalue weighted by Crippen LogP contribution is 2.39. The number of ether oxygens (including phenoxy) is 1. The lowest BCUT2D eigenvalue weighted by molar-refractivity contribution is -0.125. The van der Waals surface area contributed by atoms with Crippen molar-refractivity contribution in [1.82, 2.24) is 10.9 Å². The van der Waals surface area contributed by atoms with Crippen molar-refractivity contribution < 1.29 is 23.5 Å². The van der Waals surface area contributed by atoms with Crippen LogP contribution in [0.5, 0.6) is 0 Å². The summed E-state index contributed by atoms with van der Waals surface area (Å²) < 4.78 is 10.8. The fraction of sp³-hybridized carbons (Fsp3) is 0.286.